The van der Waals surface area contributed by atoms with E-state index >= 15 is 0 Å². The lowest BCUT2D eigenvalue weighted by atomic mass is 9.77. The molecule has 1 aliphatic carbocycles. The molecule has 6 nitrogen and oxygen atoms in total. The second kappa shape index (κ2) is 10.5. The number of aromatic nitrogens is 3. The molecule has 6 heteroatoms. The van der Waals surface area contributed by atoms with Gasteiger partial charge in [0, 0.05) is 20.1 Å². The van der Waals surface area contributed by atoms with Crippen molar-refractivity contribution in [2.24, 2.45) is 29.8 Å². The fourth-order valence-electron chi connectivity index (χ4n) is 3.60. The van der Waals surface area contributed by atoms with Gasteiger partial charge in [0.15, 0.2) is 11.8 Å². The van der Waals surface area contributed by atoms with Gasteiger partial charge in [-0.1, -0.05) is 27.2 Å². The molecular formula is C20H38N6. The minimum absolute atomic E-state index is 0.554. The fraction of sp³-hybridized carbons (Fsp3) is 0.850. The Labute approximate surface area is 159 Å². The summed E-state index contributed by atoms with van der Waals surface area (Å²) >= 11 is 0. The average molecular weight is 363 g/mol. The summed E-state index contributed by atoms with van der Waals surface area (Å²) in [5, 5.41) is 15.4. The van der Waals surface area contributed by atoms with E-state index in [-0.39, 0.29) is 0 Å². The SMILES string of the molecule is CCCCNC(=NCc1nnc(C)n1C)NCC1CCC(C(C)C)CC1. The average Bonchev–Trinajstić information content (AvgIpc) is 2.96. The molecule has 0 aromatic carbocycles. The van der Waals surface area contributed by atoms with E-state index in [1.54, 1.807) is 0 Å². The highest BCUT2D eigenvalue weighted by Crippen LogP contribution is 2.32. The van der Waals surface area contributed by atoms with Crippen molar-refractivity contribution in [2.45, 2.75) is 72.8 Å². The van der Waals surface area contributed by atoms with Crippen LogP contribution in [0.5, 0.6) is 0 Å². The van der Waals surface area contributed by atoms with Crippen molar-refractivity contribution in [3.05, 3.63) is 11.6 Å². The third kappa shape index (κ3) is 6.29. The maximum Gasteiger partial charge on any atom is 0.191 e. The molecule has 0 aliphatic heterocycles. The van der Waals surface area contributed by atoms with Crippen molar-refractivity contribution in [2.75, 3.05) is 13.1 Å². The van der Waals surface area contributed by atoms with E-state index < -0.39 is 0 Å². The van der Waals surface area contributed by atoms with Gasteiger partial charge >= 0.3 is 0 Å². The molecule has 1 fully saturated rings. The fourth-order valence-corrected chi connectivity index (χ4v) is 3.60. The maximum absolute atomic E-state index is 4.74. The van der Waals surface area contributed by atoms with Crippen LogP contribution in [0.4, 0.5) is 0 Å². The number of nitrogens with zero attached hydrogens (tertiary/aromatic N) is 4. The van der Waals surface area contributed by atoms with Gasteiger partial charge in [0.2, 0.25) is 0 Å². The van der Waals surface area contributed by atoms with Crippen molar-refractivity contribution in [1.29, 1.82) is 0 Å². The Morgan fingerprint density at radius 3 is 2.50 bits per heavy atom. The number of aryl methyl sites for hydroxylation is 1. The third-order valence-electron chi connectivity index (χ3n) is 5.78. The quantitative estimate of drug-likeness (QED) is 0.422. The molecule has 2 rings (SSSR count). The van der Waals surface area contributed by atoms with E-state index in [1.807, 2.05) is 18.5 Å². The largest absolute Gasteiger partial charge is 0.356 e. The molecule has 0 radical (unpaired) electrons. The molecule has 0 spiro atoms. The van der Waals surface area contributed by atoms with Gasteiger partial charge in [-0.2, -0.15) is 0 Å². The lowest BCUT2D eigenvalue weighted by molar-refractivity contribution is 0.224. The molecule has 1 heterocycles. The Kier molecular flexibility index (Phi) is 8.39. The summed E-state index contributed by atoms with van der Waals surface area (Å²) in [5.74, 6) is 5.24. The first-order valence-electron chi connectivity index (χ1n) is 10.4. The van der Waals surface area contributed by atoms with Crippen LogP contribution in [0.3, 0.4) is 0 Å². The first kappa shape index (κ1) is 20.7. The molecule has 0 amide bonds. The maximum atomic E-state index is 4.74. The first-order chi connectivity index (χ1) is 12.5. The molecule has 1 aliphatic rings. The Morgan fingerprint density at radius 2 is 1.92 bits per heavy atom. The Bertz CT molecular complexity index is 555. The van der Waals surface area contributed by atoms with E-state index in [0.717, 1.165) is 54.9 Å². The van der Waals surface area contributed by atoms with Crippen LogP contribution in [0.2, 0.25) is 0 Å². The van der Waals surface area contributed by atoms with Gasteiger partial charge in [-0.15, -0.1) is 10.2 Å². The summed E-state index contributed by atoms with van der Waals surface area (Å²) in [4.78, 5) is 4.74. The van der Waals surface area contributed by atoms with Crippen LogP contribution in [0.1, 0.15) is 70.9 Å². The van der Waals surface area contributed by atoms with Crippen LogP contribution < -0.4 is 10.6 Å². The van der Waals surface area contributed by atoms with Gasteiger partial charge < -0.3 is 15.2 Å². The zero-order valence-corrected chi connectivity index (χ0v) is 17.4. The van der Waals surface area contributed by atoms with Gasteiger partial charge in [0.05, 0.1) is 0 Å². The first-order valence-corrected chi connectivity index (χ1v) is 10.4. The monoisotopic (exact) mass is 362 g/mol. The number of aliphatic imine (C=N–C) groups is 1. The zero-order valence-electron chi connectivity index (χ0n) is 17.4. The number of nitrogens with one attached hydrogen (secondary N) is 2. The molecule has 0 bridgehead atoms. The normalized spacial score (nSPS) is 21.2. The van der Waals surface area contributed by atoms with Crippen LogP contribution in [0, 0.1) is 24.7 Å². The molecule has 0 atom stereocenters. The highest BCUT2D eigenvalue weighted by Gasteiger charge is 2.23. The van der Waals surface area contributed by atoms with E-state index in [4.69, 9.17) is 4.99 Å². The molecule has 2 N–H and O–H groups in total. The predicted octanol–water partition coefficient (Wildman–Crippen LogP) is 3.42. The Balaban J connectivity index is 1.86. The predicted molar refractivity (Wildman–Crippen MR) is 108 cm³/mol. The molecule has 1 saturated carbocycles. The van der Waals surface area contributed by atoms with Gasteiger partial charge in [0.1, 0.15) is 12.4 Å². The minimum Gasteiger partial charge on any atom is -0.356 e. The summed E-state index contributed by atoms with van der Waals surface area (Å²) in [6.45, 7) is 11.4. The smallest absolute Gasteiger partial charge is 0.191 e. The van der Waals surface area contributed by atoms with Gasteiger partial charge in [-0.05, 0) is 56.8 Å². The standard InChI is InChI=1S/C20H38N6/c1-6-7-12-21-20(23-14-19-25-24-16(4)26(19)5)22-13-17-8-10-18(11-9-17)15(2)3/h15,17-18H,6-14H2,1-5H3,(H2,21,22,23). The number of rotatable bonds is 8. The van der Waals surface area contributed by atoms with E-state index in [2.05, 4.69) is 41.6 Å². The third-order valence-corrected chi connectivity index (χ3v) is 5.78. The van der Waals surface area contributed by atoms with Crippen LogP contribution in [-0.4, -0.2) is 33.8 Å². The van der Waals surface area contributed by atoms with Crippen LogP contribution in [-0.2, 0) is 13.6 Å². The number of unbranched alkanes of at least 4 members (excludes halogenated alkanes) is 1. The molecule has 1 aromatic rings. The van der Waals surface area contributed by atoms with Crippen LogP contribution in [0.15, 0.2) is 4.99 Å². The topological polar surface area (TPSA) is 67.1 Å². The molecule has 1 aromatic heterocycles. The lowest BCUT2D eigenvalue weighted by Crippen LogP contribution is -2.41. The second-order valence-electron chi connectivity index (χ2n) is 8.07. The molecule has 148 valence electrons. The van der Waals surface area contributed by atoms with Crippen molar-refractivity contribution in [1.82, 2.24) is 25.4 Å². The van der Waals surface area contributed by atoms with Crippen molar-refractivity contribution >= 4 is 5.96 Å². The van der Waals surface area contributed by atoms with Crippen molar-refractivity contribution in [3.63, 3.8) is 0 Å². The number of hydrogen-bond acceptors (Lipinski definition) is 3. The van der Waals surface area contributed by atoms with Crippen molar-refractivity contribution < 1.29 is 0 Å². The minimum atomic E-state index is 0.554. The molecule has 0 unspecified atom stereocenters. The van der Waals surface area contributed by atoms with Gasteiger partial charge in [0.25, 0.3) is 0 Å². The van der Waals surface area contributed by atoms with Gasteiger partial charge in [-0.25, -0.2) is 4.99 Å². The lowest BCUT2D eigenvalue weighted by Gasteiger charge is -2.31. The van der Waals surface area contributed by atoms with Gasteiger partial charge in [-0.3, -0.25) is 0 Å². The summed E-state index contributed by atoms with van der Waals surface area (Å²) in [6, 6.07) is 0. The number of hydrogen-bond donors (Lipinski definition) is 2. The van der Waals surface area contributed by atoms with Crippen molar-refractivity contribution in [3.8, 4) is 0 Å². The summed E-state index contributed by atoms with van der Waals surface area (Å²) < 4.78 is 2.00. The second-order valence-corrected chi connectivity index (χ2v) is 8.07. The summed E-state index contributed by atoms with van der Waals surface area (Å²) in [6.07, 6.45) is 7.75. The zero-order chi connectivity index (χ0) is 18.9. The highest BCUT2D eigenvalue weighted by molar-refractivity contribution is 5.79. The van der Waals surface area contributed by atoms with E-state index in [9.17, 15) is 0 Å². The highest BCUT2D eigenvalue weighted by atomic mass is 15.3. The Hall–Kier alpha value is -1.59. The van der Waals surface area contributed by atoms with Crippen LogP contribution >= 0.6 is 0 Å². The number of guanidine groups is 1. The van der Waals surface area contributed by atoms with E-state index in [0.29, 0.717) is 6.54 Å². The summed E-state index contributed by atoms with van der Waals surface area (Å²) in [7, 11) is 1.99. The molecule has 0 saturated heterocycles. The van der Waals surface area contributed by atoms with E-state index in [1.165, 1.54) is 32.1 Å². The molecule has 26 heavy (non-hydrogen) atoms. The summed E-state index contributed by atoms with van der Waals surface area (Å²) in [5.41, 5.74) is 0. The molecular weight excluding hydrogens is 324 g/mol. The Morgan fingerprint density at radius 1 is 1.19 bits per heavy atom. The van der Waals surface area contributed by atoms with Crippen LogP contribution in [0.25, 0.3) is 0 Å².